The number of hydrogen-bond donors (Lipinski definition) is 0. The van der Waals surface area contributed by atoms with Gasteiger partial charge in [-0.2, -0.15) is 0 Å². The first-order valence-electron chi connectivity index (χ1n) is 9.07. The fourth-order valence-electron chi connectivity index (χ4n) is 4.15. The molecule has 1 aliphatic rings. The first-order chi connectivity index (χ1) is 12.7. The van der Waals surface area contributed by atoms with Crippen LogP contribution >= 0.6 is 23.2 Å². The van der Waals surface area contributed by atoms with Crippen molar-refractivity contribution < 1.29 is 0 Å². The van der Waals surface area contributed by atoms with Crippen LogP contribution in [0.3, 0.4) is 0 Å². The predicted molar refractivity (Wildman–Crippen MR) is 110 cm³/mol. The maximum Gasteiger partial charge on any atom is 0.141 e. The Morgan fingerprint density at radius 3 is 2.38 bits per heavy atom. The van der Waals surface area contributed by atoms with Gasteiger partial charge in [-0.05, 0) is 41.8 Å². The van der Waals surface area contributed by atoms with Crippen LogP contribution in [-0.4, -0.2) is 9.55 Å². The zero-order chi connectivity index (χ0) is 17.7. The fourth-order valence-corrected chi connectivity index (χ4v) is 4.47. The number of hydrogen-bond acceptors (Lipinski definition) is 1. The molecule has 1 heterocycles. The summed E-state index contributed by atoms with van der Waals surface area (Å²) >= 11 is 12.6. The average Bonchev–Trinajstić information content (AvgIpc) is 3.29. The Morgan fingerprint density at radius 2 is 1.58 bits per heavy atom. The predicted octanol–water partition coefficient (Wildman–Crippen LogP) is 7.28. The molecule has 1 aromatic heterocycles. The van der Waals surface area contributed by atoms with Gasteiger partial charge >= 0.3 is 0 Å². The molecule has 4 aromatic rings. The molecule has 0 unspecified atom stereocenters. The van der Waals surface area contributed by atoms with Crippen LogP contribution in [0.25, 0.3) is 33.2 Å². The highest BCUT2D eigenvalue weighted by atomic mass is 35.5. The van der Waals surface area contributed by atoms with Crippen LogP contribution in [-0.2, 0) is 0 Å². The Labute approximate surface area is 162 Å². The molecule has 4 heteroatoms. The molecule has 1 saturated carbocycles. The molecule has 5 rings (SSSR count). The Bertz CT molecular complexity index is 1120. The number of fused-ring (bicyclic) bond motifs is 2. The van der Waals surface area contributed by atoms with E-state index in [0.717, 1.165) is 22.4 Å². The second kappa shape index (κ2) is 6.29. The summed E-state index contributed by atoms with van der Waals surface area (Å²) in [4.78, 5) is 4.96. The van der Waals surface area contributed by atoms with Crippen molar-refractivity contribution in [3.8, 4) is 11.4 Å². The van der Waals surface area contributed by atoms with Gasteiger partial charge in [0, 0.05) is 11.6 Å². The van der Waals surface area contributed by atoms with E-state index in [1.54, 1.807) is 0 Å². The molecular formula is C22H18Cl2N2. The molecule has 0 spiro atoms. The molecular weight excluding hydrogens is 363 g/mol. The second-order valence-electron chi connectivity index (χ2n) is 7.06. The Morgan fingerprint density at radius 1 is 0.846 bits per heavy atom. The van der Waals surface area contributed by atoms with E-state index in [-0.39, 0.29) is 0 Å². The summed E-state index contributed by atoms with van der Waals surface area (Å²) in [5.41, 5.74) is 3.13. The van der Waals surface area contributed by atoms with E-state index in [2.05, 4.69) is 47.0 Å². The Hall–Kier alpha value is -2.03. The van der Waals surface area contributed by atoms with Crippen molar-refractivity contribution in [1.29, 1.82) is 0 Å². The summed E-state index contributed by atoms with van der Waals surface area (Å²) in [6.45, 7) is 0. The maximum atomic E-state index is 6.33. The number of imidazole rings is 1. The van der Waals surface area contributed by atoms with Gasteiger partial charge in [-0.25, -0.2) is 4.98 Å². The smallest absolute Gasteiger partial charge is 0.141 e. The van der Waals surface area contributed by atoms with Crippen molar-refractivity contribution in [2.24, 2.45) is 0 Å². The molecule has 0 N–H and O–H groups in total. The third kappa shape index (κ3) is 2.60. The molecule has 1 fully saturated rings. The average molecular weight is 381 g/mol. The minimum absolute atomic E-state index is 0.471. The van der Waals surface area contributed by atoms with E-state index in [4.69, 9.17) is 28.2 Å². The van der Waals surface area contributed by atoms with Crippen LogP contribution in [0, 0.1) is 0 Å². The van der Waals surface area contributed by atoms with Crippen LogP contribution in [0.15, 0.2) is 54.6 Å². The van der Waals surface area contributed by atoms with Crippen LogP contribution in [0.5, 0.6) is 0 Å². The SMILES string of the molecule is Clc1cc2nc(-c3ccc4ccccc4c3)n(C3CCCC3)c2cc1Cl. The van der Waals surface area contributed by atoms with E-state index < -0.39 is 0 Å². The Kier molecular flexibility index (Phi) is 3.91. The van der Waals surface area contributed by atoms with E-state index in [1.807, 2.05) is 12.1 Å². The first kappa shape index (κ1) is 16.2. The summed E-state index contributed by atoms with van der Waals surface area (Å²) in [5, 5.41) is 3.61. The number of rotatable bonds is 2. The summed E-state index contributed by atoms with van der Waals surface area (Å²) < 4.78 is 2.38. The maximum absolute atomic E-state index is 6.33. The molecule has 130 valence electrons. The monoisotopic (exact) mass is 380 g/mol. The Balaban J connectivity index is 1.78. The van der Waals surface area contributed by atoms with Crippen molar-refractivity contribution >= 4 is 45.0 Å². The van der Waals surface area contributed by atoms with E-state index in [1.165, 1.54) is 36.5 Å². The van der Waals surface area contributed by atoms with Gasteiger partial charge in [0.2, 0.25) is 0 Å². The molecule has 3 aromatic carbocycles. The summed E-state index contributed by atoms with van der Waals surface area (Å²) in [6, 6.07) is 19.3. The molecule has 26 heavy (non-hydrogen) atoms. The van der Waals surface area contributed by atoms with E-state index >= 15 is 0 Å². The molecule has 1 aliphatic carbocycles. The minimum Gasteiger partial charge on any atom is -0.321 e. The van der Waals surface area contributed by atoms with Crippen LogP contribution in [0.4, 0.5) is 0 Å². The van der Waals surface area contributed by atoms with Crippen LogP contribution in [0.2, 0.25) is 10.0 Å². The number of halogens is 2. The molecule has 0 atom stereocenters. The quantitative estimate of drug-likeness (QED) is 0.357. The van der Waals surface area contributed by atoms with Gasteiger partial charge in [0.15, 0.2) is 0 Å². The lowest BCUT2D eigenvalue weighted by molar-refractivity contribution is 0.537. The standard InChI is InChI=1S/C22H18Cl2N2/c23-18-12-20-21(13-19(18)24)26(17-7-3-4-8-17)22(25-20)16-10-9-14-5-1-2-6-15(14)11-16/h1-2,5-6,9-13,17H,3-4,7-8H2. The van der Waals surface area contributed by atoms with E-state index in [0.29, 0.717) is 16.1 Å². The molecule has 0 aliphatic heterocycles. The lowest BCUT2D eigenvalue weighted by Gasteiger charge is -2.17. The summed E-state index contributed by atoms with van der Waals surface area (Å²) in [6.07, 6.45) is 4.91. The highest BCUT2D eigenvalue weighted by molar-refractivity contribution is 6.42. The number of benzene rings is 3. The summed E-state index contributed by atoms with van der Waals surface area (Å²) in [5.74, 6) is 1.01. The zero-order valence-electron chi connectivity index (χ0n) is 14.3. The van der Waals surface area contributed by atoms with Crippen LogP contribution in [0.1, 0.15) is 31.7 Å². The molecule has 0 amide bonds. The minimum atomic E-state index is 0.471. The molecule has 2 nitrogen and oxygen atoms in total. The van der Waals surface area contributed by atoms with Gasteiger partial charge in [-0.15, -0.1) is 0 Å². The topological polar surface area (TPSA) is 17.8 Å². The first-order valence-corrected chi connectivity index (χ1v) is 9.82. The van der Waals surface area contributed by atoms with Gasteiger partial charge in [0.1, 0.15) is 5.82 Å². The second-order valence-corrected chi connectivity index (χ2v) is 7.88. The van der Waals surface area contributed by atoms with Gasteiger partial charge in [0.25, 0.3) is 0 Å². The number of aromatic nitrogens is 2. The lowest BCUT2D eigenvalue weighted by atomic mass is 10.1. The third-order valence-electron chi connectivity index (χ3n) is 5.43. The molecule has 0 saturated heterocycles. The van der Waals surface area contributed by atoms with Crippen molar-refractivity contribution in [2.75, 3.05) is 0 Å². The van der Waals surface area contributed by atoms with Crippen molar-refractivity contribution in [1.82, 2.24) is 9.55 Å². The lowest BCUT2D eigenvalue weighted by Crippen LogP contribution is -2.06. The number of nitrogens with zero attached hydrogens (tertiary/aromatic N) is 2. The molecule has 0 bridgehead atoms. The van der Waals surface area contributed by atoms with Gasteiger partial charge in [-0.3, -0.25) is 0 Å². The normalized spacial score (nSPS) is 15.3. The van der Waals surface area contributed by atoms with Gasteiger partial charge < -0.3 is 4.57 Å². The zero-order valence-corrected chi connectivity index (χ0v) is 15.8. The highest BCUT2D eigenvalue weighted by Gasteiger charge is 2.24. The highest BCUT2D eigenvalue weighted by Crippen LogP contribution is 2.39. The third-order valence-corrected chi connectivity index (χ3v) is 6.15. The van der Waals surface area contributed by atoms with Crippen molar-refractivity contribution in [3.05, 3.63) is 64.6 Å². The van der Waals surface area contributed by atoms with Gasteiger partial charge in [0.05, 0.1) is 21.1 Å². The fraction of sp³-hybridized carbons (Fsp3) is 0.227. The van der Waals surface area contributed by atoms with Crippen LogP contribution < -0.4 is 0 Å². The van der Waals surface area contributed by atoms with Gasteiger partial charge in [-0.1, -0.05) is 72.4 Å². The van der Waals surface area contributed by atoms with E-state index in [9.17, 15) is 0 Å². The molecule has 0 radical (unpaired) electrons. The largest absolute Gasteiger partial charge is 0.321 e. The summed E-state index contributed by atoms with van der Waals surface area (Å²) in [7, 11) is 0. The van der Waals surface area contributed by atoms with Crippen molar-refractivity contribution in [2.45, 2.75) is 31.7 Å². The van der Waals surface area contributed by atoms with Crippen molar-refractivity contribution in [3.63, 3.8) is 0 Å².